The van der Waals surface area contributed by atoms with Crippen molar-refractivity contribution >= 4 is 20.1 Å². The minimum absolute atomic E-state index is 0.0241. The molecule has 0 radical (unpaired) electrons. The highest BCUT2D eigenvalue weighted by Crippen LogP contribution is 2.23. The largest absolute Gasteiger partial charge is 0.266 e. The van der Waals surface area contributed by atoms with E-state index in [1.807, 2.05) is 32.9 Å². The van der Waals surface area contributed by atoms with Gasteiger partial charge in [0.25, 0.3) is 10.1 Å². The van der Waals surface area contributed by atoms with Gasteiger partial charge in [0.1, 0.15) is 0 Å². The molecule has 0 spiro atoms. The lowest BCUT2D eigenvalue weighted by atomic mass is 10.0. The average Bonchev–Trinajstić information content (AvgIpc) is 2.41. The quantitative estimate of drug-likeness (QED) is 0.532. The summed E-state index contributed by atoms with van der Waals surface area (Å²) in [7, 11) is -7.27. The fraction of sp³-hybridized carbons (Fsp3) is 0.556. The summed E-state index contributed by atoms with van der Waals surface area (Å²) in [6, 6.07) is 3.20. The van der Waals surface area contributed by atoms with E-state index in [1.165, 1.54) is 0 Å². The van der Waals surface area contributed by atoms with Crippen LogP contribution in [0.3, 0.4) is 0 Å². The second-order valence-corrected chi connectivity index (χ2v) is 10.4. The number of benzene rings is 1. The van der Waals surface area contributed by atoms with Gasteiger partial charge < -0.3 is 0 Å². The van der Waals surface area contributed by atoms with E-state index in [0.717, 1.165) is 11.8 Å². The smallest absolute Gasteiger partial charge is 0.264 e. The van der Waals surface area contributed by atoms with E-state index in [-0.39, 0.29) is 17.4 Å². The van der Waals surface area contributed by atoms with Crippen LogP contribution in [0.4, 0.5) is 0 Å². The molecule has 0 aromatic heterocycles. The van der Waals surface area contributed by atoms with Gasteiger partial charge in [-0.25, -0.2) is 13.1 Å². The van der Waals surface area contributed by atoms with Gasteiger partial charge in [-0.15, -0.1) is 0 Å². The second kappa shape index (κ2) is 8.65. The molecular weight excluding hydrogens is 374 g/mol. The first-order chi connectivity index (χ1) is 11.7. The first-order valence-electron chi connectivity index (χ1n) is 8.35. The minimum atomic E-state index is -3.73. The molecule has 26 heavy (non-hydrogen) atoms. The number of hydrogen-bond acceptors (Lipinski definition) is 5. The van der Waals surface area contributed by atoms with Crippen LogP contribution in [0.25, 0.3) is 0 Å². The molecule has 8 heteroatoms. The van der Waals surface area contributed by atoms with Gasteiger partial charge in [0, 0.05) is 6.04 Å². The standard InChI is InChI=1S/C18H29NO5S2/c1-12(2)17(10-14(4)11-24-25(7,20)21)19-26(22,23)18-15(5)8-13(3)9-16(18)6/h8-10,12,17,19H,11H2,1-7H3/b14-10+. The third-order valence-corrected chi connectivity index (χ3v) is 6.16. The molecule has 1 aromatic rings. The van der Waals surface area contributed by atoms with Gasteiger partial charge in [0.15, 0.2) is 0 Å². The highest BCUT2D eigenvalue weighted by molar-refractivity contribution is 7.89. The molecule has 1 unspecified atom stereocenters. The van der Waals surface area contributed by atoms with Gasteiger partial charge in [0.05, 0.1) is 17.8 Å². The van der Waals surface area contributed by atoms with Gasteiger partial charge in [-0.05, 0) is 50.3 Å². The van der Waals surface area contributed by atoms with Crippen LogP contribution in [0.5, 0.6) is 0 Å². The molecule has 0 heterocycles. The van der Waals surface area contributed by atoms with Crippen LogP contribution in [0.2, 0.25) is 0 Å². The molecule has 1 aromatic carbocycles. The van der Waals surface area contributed by atoms with Crippen molar-refractivity contribution in [1.29, 1.82) is 0 Å². The topological polar surface area (TPSA) is 89.5 Å². The Hall–Kier alpha value is -1.22. The van der Waals surface area contributed by atoms with E-state index in [9.17, 15) is 16.8 Å². The zero-order valence-corrected chi connectivity index (χ0v) is 18.1. The zero-order valence-electron chi connectivity index (χ0n) is 16.5. The Bertz CT molecular complexity index is 861. The molecule has 0 fully saturated rings. The van der Waals surface area contributed by atoms with Crippen molar-refractivity contribution in [2.75, 3.05) is 12.9 Å². The SMILES string of the molecule is C/C(=C\C(NS(=O)(=O)c1c(C)cc(C)cc1C)C(C)C)COS(C)(=O)=O. The fourth-order valence-electron chi connectivity index (χ4n) is 2.75. The number of sulfonamides is 1. The van der Waals surface area contributed by atoms with Crippen LogP contribution in [-0.2, 0) is 24.3 Å². The van der Waals surface area contributed by atoms with Crippen molar-refractivity contribution in [2.24, 2.45) is 5.92 Å². The normalized spacial score (nSPS) is 14.7. The summed E-state index contributed by atoms with van der Waals surface area (Å²) in [6.45, 7) is 10.9. The number of rotatable bonds is 8. The summed E-state index contributed by atoms with van der Waals surface area (Å²) in [5, 5.41) is 0. The second-order valence-electron chi connectivity index (χ2n) is 7.10. The molecule has 1 atom stereocenters. The Balaban J connectivity index is 3.14. The molecule has 1 N–H and O–H groups in total. The molecule has 6 nitrogen and oxygen atoms in total. The Morgan fingerprint density at radius 1 is 1.12 bits per heavy atom. The number of hydrogen-bond donors (Lipinski definition) is 1. The first-order valence-corrected chi connectivity index (χ1v) is 11.6. The van der Waals surface area contributed by atoms with E-state index < -0.39 is 26.2 Å². The Kier molecular flexibility index (Phi) is 7.59. The highest BCUT2D eigenvalue weighted by atomic mass is 32.2. The van der Waals surface area contributed by atoms with Crippen LogP contribution < -0.4 is 4.72 Å². The molecule has 0 saturated heterocycles. The first kappa shape index (κ1) is 22.8. The number of nitrogens with one attached hydrogen (secondary N) is 1. The zero-order chi connectivity index (χ0) is 20.3. The lowest BCUT2D eigenvalue weighted by Crippen LogP contribution is -2.38. The summed E-state index contributed by atoms with van der Waals surface area (Å²) in [5.41, 5.74) is 3.03. The maximum Gasteiger partial charge on any atom is 0.264 e. The van der Waals surface area contributed by atoms with Gasteiger partial charge in [-0.2, -0.15) is 8.42 Å². The van der Waals surface area contributed by atoms with Crippen molar-refractivity contribution in [3.8, 4) is 0 Å². The van der Waals surface area contributed by atoms with E-state index in [0.29, 0.717) is 16.7 Å². The lowest BCUT2D eigenvalue weighted by molar-refractivity contribution is 0.351. The van der Waals surface area contributed by atoms with Crippen LogP contribution in [0.1, 0.15) is 37.5 Å². The van der Waals surface area contributed by atoms with Gasteiger partial charge >= 0.3 is 0 Å². The third-order valence-electron chi connectivity index (χ3n) is 3.85. The van der Waals surface area contributed by atoms with Crippen LogP contribution in [-0.4, -0.2) is 35.7 Å². The fourth-order valence-corrected chi connectivity index (χ4v) is 4.93. The maximum atomic E-state index is 12.9. The highest BCUT2D eigenvalue weighted by Gasteiger charge is 2.24. The van der Waals surface area contributed by atoms with Crippen molar-refractivity contribution in [1.82, 2.24) is 4.72 Å². The Labute approximate surface area is 157 Å². The summed E-state index contributed by atoms with van der Waals surface area (Å²) in [6.07, 6.45) is 2.68. The van der Waals surface area contributed by atoms with Crippen LogP contribution in [0.15, 0.2) is 28.7 Å². The van der Waals surface area contributed by atoms with Crippen molar-refractivity contribution < 1.29 is 21.0 Å². The van der Waals surface area contributed by atoms with Crippen molar-refractivity contribution in [3.05, 3.63) is 40.5 Å². The molecule has 0 bridgehead atoms. The molecule has 0 aliphatic carbocycles. The molecule has 148 valence electrons. The van der Waals surface area contributed by atoms with Gasteiger partial charge in [0.2, 0.25) is 10.0 Å². The summed E-state index contributed by atoms with van der Waals surface area (Å²) in [5.74, 6) is -0.0241. The lowest BCUT2D eigenvalue weighted by Gasteiger charge is -2.22. The molecule has 0 aliphatic heterocycles. The predicted octanol–water partition coefficient (Wildman–Crippen LogP) is 2.84. The molecular formula is C18H29NO5S2. The molecule has 1 rings (SSSR count). The minimum Gasteiger partial charge on any atom is -0.266 e. The Morgan fingerprint density at radius 3 is 2.04 bits per heavy atom. The Morgan fingerprint density at radius 2 is 1.62 bits per heavy atom. The molecule has 0 saturated carbocycles. The number of aryl methyl sites for hydroxylation is 3. The molecule has 0 aliphatic rings. The van der Waals surface area contributed by atoms with Crippen molar-refractivity contribution in [2.45, 2.75) is 52.5 Å². The summed E-state index contributed by atoms with van der Waals surface area (Å²) >= 11 is 0. The van der Waals surface area contributed by atoms with Gasteiger partial charge in [-0.3, -0.25) is 4.18 Å². The van der Waals surface area contributed by atoms with E-state index in [2.05, 4.69) is 4.72 Å². The van der Waals surface area contributed by atoms with E-state index in [1.54, 1.807) is 26.8 Å². The monoisotopic (exact) mass is 403 g/mol. The predicted molar refractivity (Wildman–Crippen MR) is 104 cm³/mol. The third kappa shape index (κ3) is 6.83. The van der Waals surface area contributed by atoms with E-state index >= 15 is 0 Å². The van der Waals surface area contributed by atoms with Gasteiger partial charge in [-0.1, -0.05) is 37.6 Å². The molecule has 0 amide bonds. The van der Waals surface area contributed by atoms with Crippen LogP contribution in [0, 0.1) is 26.7 Å². The van der Waals surface area contributed by atoms with Crippen molar-refractivity contribution in [3.63, 3.8) is 0 Å². The van der Waals surface area contributed by atoms with Crippen LogP contribution >= 0.6 is 0 Å². The summed E-state index contributed by atoms with van der Waals surface area (Å²) < 4.78 is 55.6. The maximum absolute atomic E-state index is 12.9. The summed E-state index contributed by atoms with van der Waals surface area (Å²) in [4.78, 5) is 0.284. The average molecular weight is 404 g/mol. The van der Waals surface area contributed by atoms with E-state index in [4.69, 9.17) is 4.18 Å².